The average Bonchev–Trinajstić information content (AvgIpc) is 2.54. The van der Waals surface area contributed by atoms with Crippen LogP contribution in [0, 0.1) is 0 Å². The third-order valence-electron chi connectivity index (χ3n) is 2.75. The largest absolute Gasteiger partial charge is 0.563 e. The van der Waals surface area contributed by atoms with E-state index in [1.165, 1.54) is 12.1 Å². The van der Waals surface area contributed by atoms with Gasteiger partial charge >= 0.3 is 13.1 Å². The minimum absolute atomic E-state index is 0.241. The van der Waals surface area contributed by atoms with Crippen molar-refractivity contribution in [1.82, 2.24) is 0 Å². The maximum Gasteiger partial charge on any atom is 0.563 e. The zero-order valence-electron chi connectivity index (χ0n) is 9.77. The van der Waals surface area contributed by atoms with Crippen LogP contribution in [-0.2, 0) is 9.31 Å². The van der Waals surface area contributed by atoms with Gasteiger partial charge in [0, 0.05) is 0 Å². The number of carboxylic acids is 1. The Morgan fingerprint density at radius 2 is 1.94 bits per heavy atom. The van der Waals surface area contributed by atoms with E-state index in [-0.39, 0.29) is 5.56 Å². The molecule has 0 saturated carbocycles. The number of carbonyl (C=O) groups is 1. The van der Waals surface area contributed by atoms with Crippen LogP contribution in [0.4, 0.5) is 0 Å². The summed E-state index contributed by atoms with van der Waals surface area (Å²) in [6.07, 6.45) is 0. The highest BCUT2D eigenvalue weighted by atomic mass is 16.7. The number of hydrogen-bond donors (Lipinski definition) is 1. The molecule has 0 atom stereocenters. The van der Waals surface area contributed by atoms with E-state index in [4.69, 9.17) is 14.4 Å². The molecule has 5 heteroatoms. The van der Waals surface area contributed by atoms with Gasteiger partial charge in [-0.2, -0.15) is 0 Å². The first-order chi connectivity index (χ1) is 7.90. The molecule has 0 radical (unpaired) electrons. The molecule has 1 fully saturated rings. The fourth-order valence-corrected chi connectivity index (χ4v) is 1.55. The van der Waals surface area contributed by atoms with Gasteiger partial charge in [-0.1, -0.05) is 18.7 Å². The van der Waals surface area contributed by atoms with Gasteiger partial charge in [-0.05, 0) is 31.4 Å². The first-order valence-corrected chi connectivity index (χ1v) is 5.27. The number of rotatable bonds is 2. The molecule has 1 aliphatic rings. The summed E-state index contributed by atoms with van der Waals surface area (Å²) < 4.78 is 11.2. The Hall–Kier alpha value is -1.75. The predicted molar refractivity (Wildman–Crippen MR) is 64.2 cm³/mol. The lowest BCUT2D eigenvalue weighted by Gasteiger charge is -2.15. The van der Waals surface area contributed by atoms with Gasteiger partial charge in [0.15, 0.2) is 0 Å². The third-order valence-corrected chi connectivity index (χ3v) is 2.75. The molecule has 0 spiro atoms. The van der Waals surface area contributed by atoms with Gasteiger partial charge in [-0.25, -0.2) is 4.79 Å². The predicted octanol–water partition coefficient (Wildman–Crippen LogP) is 1.42. The molecule has 1 aromatic carbocycles. The summed E-state index contributed by atoms with van der Waals surface area (Å²) in [6, 6.07) is 6.42. The van der Waals surface area contributed by atoms with Crippen LogP contribution in [0.1, 0.15) is 24.2 Å². The summed E-state index contributed by atoms with van der Waals surface area (Å²) in [5.41, 5.74) is 0.502. The minimum Gasteiger partial charge on any atom is -0.534 e. The molecule has 1 aliphatic heterocycles. The molecule has 0 amide bonds. The van der Waals surface area contributed by atoms with Gasteiger partial charge in [-0.15, -0.1) is 0 Å². The Kier molecular flexibility index (Phi) is 2.71. The van der Waals surface area contributed by atoms with Gasteiger partial charge in [0.05, 0.1) is 11.3 Å². The van der Waals surface area contributed by atoms with Crippen molar-refractivity contribution in [2.45, 2.75) is 19.4 Å². The van der Waals surface area contributed by atoms with Crippen molar-refractivity contribution < 1.29 is 19.2 Å². The van der Waals surface area contributed by atoms with Crippen molar-refractivity contribution >= 4 is 18.6 Å². The quantitative estimate of drug-likeness (QED) is 0.783. The Morgan fingerprint density at radius 3 is 2.35 bits per heavy atom. The Bertz CT molecular complexity index is 464. The molecule has 17 heavy (non-hydrogen) atoms. The lowest BCUT2D eigenvalue weighted by Crippen LogP contribution is -2.34. The third kappa shape index (κ3) is 2.19. The number of hydrogen-bond acceptors (Lipinski definition) is 3. The van der Waals surface area contributed by atoms with Crippen LogP contribution in [-0.4, -0.2) is 23.8 Å². The second kappa shape index (κ2) is 3.93. The van der Waals surface area contributed by atoms with Gasteiger partial charge in [0.1, 0.15) is 5.60 Å². The van der Waals surface area contributed by atoms with Crippen LogP contribution in [0.25, 0.3) is 0 Å². The standard InChI is InChI=1S/C12H13BO4/c1-8-12(2,3)17-13(16-8)10-6-4-9(5-7-10)11(14)15/h4-7H,1H2,2-3H3,(H,14,15). The van der Waals surface area contributed by atoms with Crippen molar-refractivity contribution in [3.63, 3.8) is 0 Å². The van der Waals surface area contributed by atoms with Crippen LogP contribution in [0.3, 0.4) is 0 Å². The van der Waals surface area contributed by atoms with E-state index >= 15 is 0 Å². The van der Waals surface area contributed by atoms with Crippen molar-refractivity contribution in [3.05, 3.63) is 42.2 Å². The van der Waals surface area contributed by atoms with Gasteiger partial charge in [-0.3, -0.25) is 0 Å². The highest BCUT2D eigenvalue weighted by Crippen LogP contribution is 2.28. The van der Waals surface area contributed by atoms with Crippen molar-refractivity contribution in [1.29, 1.82) is 0 Å². The second-order valence-corrected chi connectivity index (χ2v) is 4.43. The molecule has 0 aromatic heterocycles. The zero-order chi connectivity index (χ0) is 12.6. The summed E-state index contributed by atoms with van der Waals surface area (Å²) in [6.45, 7) is 7.54. The van der Waals surface area contributed by atoms with Gasteiger partial charge in [0.25, 0.3) is 0 Å². The fourth-order valence-electron chi connectivity index (χ4n) is 1.55. The molecule has 0 aliphatic carbocycles. The molecule has 88 valence electrons. The van der Waals surface area contributed by atoms with Gasteiger partial charge < -0.3 is 14.4 Å². The van der Waals surface area contributed by atoms with E-state index in [0.717, 1.165) is 5.46 Å². The van der Waals surface area contributed by atoms with Crippen LogP contribution in [0.15, 0.2) is 36.6 Å². The fraction of sp³-hybridized carbons (Fsp3) is 0.250. The Labute approximate surface area is 100 Å². The van der Waals surface area contributed by atoms with Crippen molar-refractivity contribution in [3.8, 4) is 0 Å². The second-order valence-electron chi connectivity index (χ2n) is 4.43. The molecule has 0 bridgehead atoms. The van der Waals surface area contributed by atoms with Crippen LogP contribution < -0.4 is 5.46 Å². The first-order valence-electron chi connectivity index (χ1n) is 5.27. The van der Waals surface area contributed by atoms with Crippen LogP contribution >= 0.6 is 0 Å². The molecule has 1 aromatic rings. The number of carboxylic acid groups (broad SMARTS) is 1. The average molecular weight is 232 g/mol. The first kappa shape index (κ1) is 11.7. The van der Waals surface area contributed by atoms with E-state index in [1.54, 1.807) is 12.1 Å². The summed E-state index contributed by atoms with van der Waals surface area (Å²) in [5, 5.41) is 8.79. The maximum atomic E-state index is 10.7. The summed E-state index contributed by atoms with van der Waals surface area (Å²) in [5.74, 6) is -0.376. The molecule has 1 heterocycles. The van der Waals surface area contributed by atoms with Crippen LogP contribution in [0.2, 0.25) is 0 Å². The van der Waals surface area contributed by atoms with E-state index in [0.29, 0.717) is 5.76 Å². The van der Waals surface area contributed by atoms with Crippen molar-refractivity contribution in [2.24, 2.45) is 0 Å². The summed E-state index contributed by atoms with van der Waals surface area (Å²) in [7, 11) is -0.514. The van der Waals surface area contributed by atoms with Crippen molar-refractivity contribution in [2.75, 3.05) is 0 Å². The zero-order valence-corrected chi connectivity index (χ0v) is 9.77. The highest BCUT2D eigenvalue weighted by molar-refractivity contribution is 6.62. The molecule has 0 unspecified atom stereocenters. The number of aromatic carboxylic acids is 1. The molecule has 2 rings (SSSR count). The minimum atomic E-state index is -0.949. The Balaban J connectivity index is 2.20. The van der Waals surface area contributed by atoms with Gasteiger partial charge in [0.2, 0.25) is 0 Å². The maximum absolute atomic E-state index is 10.7. The number of benzene rings is 1. The molecular weight excluding hydrogens is 219 g/mol. The summed E-state index contributed by atoms with van der Waals surface area (Å²) >= 11 is 0. The molecule has 1 saturated heterocycles. The highest BCUT2D eigenvalue weighted by Gasteiger charge is 2.42. The van der Waals surface area contributed by atoms with E-state index in [9.17, 15) is 4.79 Å². The topological polar surface area (TPSA) is 55.8 Å². The summed E-state index contributed by atoms with van der Waals surface area (Å²) in [4.78, 5) is 10.7. The van der Waals surface area contributed by atoms with E-state index in [2.05, 4.69) is 6.58 Å². The molecule has 4 nitrogen and oxygen atoms in total. The normalized spacial score (nSPS) is 18.0. The molecular formula is C12H13BO4. The van der Waals surface area contributed by atoms with Crippen LogP contribution in [0.5, 0.6) is 0 Å². The van der Waals surface area contributed by atoms with E-state index in [1.807, 2.05) is 13.8 Å². The molecule has 1 N–H and O–H groups in total. The lowest BCUT2D eigenvalue weighted by molar-refractivity contribution is 0.0697. The SMILES string of the molecule is C=C1OB(c2ccc(C(=O)O)cc2)OC1(C)C. The Morgan fingerprint density at radius 1 is 1.35 bits per heavy atom. The lowest BCUT2D eigenvalue weighted by atomic mass is 9.79. The smallest absolute Gasteiger partial charge is 0.534 e. The van der Waals surface area contributed by atoms with E-state index < -0.39 is 18.7 Å². The monoisotopic (exact) mass is 232 g/mol.